The summed E-state index contributed by atoms with van der Waals surface area (Å²) < 4.78 is 21.3. The molecule has 1 saturated heterocycles. The van der Waals surface area contributed by atoms with Gasteiger partial charge >= 0.3 is 0 Å². The first-order valence-electron chi connectivity index (χ1n) is 11.8. The van der Waals surface area contributed by atoms with Crippen LogP contribution >= 0.6 is 0 Å². The van der Waals surface area contributed by atoms with E-state index in [1.807, 2.05) is 12.1 Å². The summed E-state index contributed by atoms with van der Waals surface area (Å²) in [7, 11) is 6.05. The zero-order valence-electron chi connectivity index (χ0n) is 21.6. The van der Waals surface area contributed by atoms with Crippen molar-refractivity contribution >= 4 is 17.4 Å². The number of aliphatic hydroxyl groups is 1. The molecular weight excluding hydrogens is 490 g/mol. The summed E-state index contributed by atoms with van der Waals surface area (Å²) in [6, 6.07) is 15.5. The van der Waals surface area contributed by atoms with E-state index in [0.717, 1.165) is 5.56 Å². The molecule has 1 unspecified atom stereocenters. The van der Waals surface area contributed by atoms with Crippen molar-refractivity contribution < 1.29 is 38.7 Å². The number of methoxy groups -OCH3 is 4. The summed E-state index contributed by atoms with van der Waals surface area (Å²) in [4.78, 5) is 28.0. The number of ketones is 1. The molecule has 1 aliphatic heterocycles. The summed E-state index contributed by atoms with van der Waals surface area (Å²) >= 11 is 0. The normalized spacial score (nSPS) is 16.4. The molecule has 0 saturated carbocycles. The molecule has 4 rings (SSSR count). The number of hydrogen-bond acceptors (Lipinski definition) is 8. The average molecular weight is 520 g/mol. The molecule has 0 aromatic heterocycles. The van der Waals surface area contributed by atoms with Crippen LogP contribution in [0.2, 0.25) is 0 Å². The van der Waals surface area contributed by atoms with Gasteiger partial charge in [0.15, 0.2) is 23.0 Å². The number of ether oxygens (including phenoxy) is 4. The monoisotopic (exact) mass is 519 g/mol. The second-order valence-electron chi connectivity index (χ2n) is 8.59. The fourth-order valence-corrected chi connectivity index (χ4v) is 4.54. The topological polar surface area (TPSA) is 115 Å². The van der Waals surface area contributed by atoms with Crippen molar-refractivity contribution in [2.45, 2.75) is 12.5 Å². The van der Waals surface area contributed by atoms with Crippen LogP contribution in [-0.2, 0) is 16.0 Å². The van der Waals surface area contributed by atoms with Crippen molar-refractivity contribution in [2.75, 3.05) is 35.0 Å². The van der Waals surface area contributed by atoms with Crippen LogP contribution in [0, 0.1) is 0 Å². The zero-order valence-corrected chi connectivity index (χ0v) is 21.6. The molecule has 1 fully saturated rings. The number of amides is 1. The molecule has 0 bridgehead atoms. The third-order valence-corrected chi connectivity index (χ3v) is 6.50. The first-order valence-corrected chi connectivity index (χ1v) is 11.8. The minimum Gasteiger partial charge on any atom is -0.508 e. The first-order chi connectivity index (χ1) is 18.3. The van der Waals surface area contributed by atoms with E-state index >= 15 is 0 Å². The Morgan fingerprint density at radius 2 is 1.37 bits per heavy atom. The minimum absolute atomic E-state index is 0.0379. The molecule has 198 valence electrons. The highest BCUT2D eigenvalue weighted by molar-refractivity contribution is 6.46. The van der Waals surface area contributed by atoms with Gasteiger partial charge in [-0.3, -0.25) is 9.59 Å². The van der Waals surface area contributed by atoms with Gasteiger partial charge in [0.1, 0.15) is 11.5 Å². The Hall–Kier alpha value is -4.66. The van der Waals surface area contributed by atoms with Gasteiger partial charge in [-0.2, -0.15) is 0 Å². The number of nitrogens with zero attached hydrogens (tertiary/aromatic N) is 1. The van der Waals surface area contributed by atoms with Gasteiger partial charge in [0.2, 0.25) is 0 Å². The Morgan fingerprint density at radius 3 is 1.97 bits per heavy atom. The molecule has 1 aliphatic rings. The summed E-state index contributed by atoms with van der Waals surface area (Å²) in [5, 5.41) is 21.1. The van der Waals surface area contributed by atoms with E-state index in [-0.39, 0.29) is 23.6 Å². The maximum absolute atomic E-state index is 13.3. The highest BCUT2D eigenvalue weighted by Gasteiger charge is 2.45. The van der Waals surface area contributed by atoms with Crippen molar-refractivity contribution in [1.29, 1.82) is 0 Å². The van der Waals surface area contributed by atoms with Crippen molar-refractivity contribution in [3.63, 3.8) is 0 Å². The molecule has 9 nitrogen and oxygen atoms in total. The van der Waals surface area contributed by atoms with E-state index in [4.69, 9.17) is 18.9 Å². The third-order valence-electron chi connectivity index (χ3n) is 6.50. The molecule has 1 atom stereocenters. The molecular formula is C29H29NO8. The van der Waals surface area contributed by atoms with Gasteiger partial charge in [0.05, 0.1) is 40.1 Å². The van der Waals surface area contributed by atoms with E-state index in [1.165, 1.54) is 31.3 Å². The maximum Gasteiger partial charge on any atom is 0.295 e. The number of aromatic hydroxyl groups is 1. The molecule has 0 aliphatic carbocycles. The number of Topliss-reactive ketones (excluding diaryl/α,β-unsaturated/α-hetero) is 1. The largest absolute Gasteiger partial charge is 0.508 e. The van der Waals surface area contributed by atoms with Gasteiger partial charge in [0.25, 0.3) is 11.7 Å². The van der Waals surface area contributed by atoms with E-state index in [9.17, 15) is 19.8 Å². The Kier molecular flexibility index (Phi) is 7.76. The summed E-state index contributed by atoms with van der Waals surface area (Å²) in [6.07, 6.45) is 0.415. The highest BCUT2D eigenvalue weighted by atomic mass is 16.5. The number of likely N-dealkylation sites (tertiary alicyclic amines) is 1. The smallest absolute Gasteiger partial charge is 0.295 e. The van der Waals surface area contributed by atoms with Crippen LogP contribution in [0.5, 0.6) is 28.7 Å². The minimum atomic E-state index is -0.871. The molecule has 38 heavy (non-hydrogen) atoms. The quantitative estimate of drug-likeness (QED) is 0.247. The van der Waals surface area contributed by atoms with E-state index < -0.39 is 17.7 Å². The molecule has 2 N–H and O–H groups in total. The number of hydrogen-bond donors (Lipinski definition) is 2. The lowest BCUT2D eigenvalue weighted by Gasteiger charge is -2.25. The lowest BCUT2D eigenvalue weighted by molar-refractivity contribution is -0.139. The summed E-state index contributed by atoms with van der Waals surface area (Å²) in [5.74, 6) is 0.112. The zero-order chi connectivity index (χ0) is 27.4. The number of phenols is 1. The Bertz CT molecular complexity index is 1380. The number of carbonyl (C=O) groups is 2. The number of carbonyl (C=O) groups excluding carboxylic acids is 2. The Labute approximate surface area is 220 Å². The van der Waals surface area contributed by atoms with Gasteiger partial charge in [-0.05, 0) is 60.0 Å². The predicted octanol–water partition coefficient (Wildman–Crippen LogP) is 4.09. The Morgan fingerprint density at radius 1 is 0.789 bits per heavy atom. The second kappa shape index (κ2) is 11.2. The van der Waals surface area contributed by atoms with Crippen LogP contribution in [-0.4, -0.2) is 61.8 Å². The fraction of sp³-hybridized carbons (Fsp3) is 0.241. The van der Waals surface area contributed by atoms with Gasteiger partial charge in [-0.15, -0.1) is 0 Å². The van der Waals surface area contributed by atoms with E-state index in [0.29, 0.717) is 40.5 Å². The lowest BCUT2D eigenvalue weighted by atomic mass is 9.95. The average Bonchev–Trinajstić information content (AvgIpc) is 3.20. The molecule has 3 aromatic rings. The van der Waals surface area contributed by atoms with Crippen LogP contribution < -0.4 is 18.9 Å². The summed E-state index contributed by atoms with van der Waals surface area (Å²) in [6.45, 7) is 0.189. The standard InChI is InChI=1S/C29H29NO8/c1-35-21-11-5-17(15-23(21)37-3)13-14-30-26(18-6-9-20(31)10-7-18)25(28(33)29(30)34)27(32)19-8-12-22(36-2)24(16-19)38-4/h5-12,15-16,26,31-32H,13-14H2,1-4H3/b27-25-. The maximum atomic E-state index is 13.3. The number of aliphatic hydroxyl groups excluding tert-OH is 1. The van der Waals surface area contributed by atoms with Crippen LogP contribution in [0.1, 0.15) is 22.7 Å². The highest BCUT2D eigenvalue weighted by Crippen LogP contribution is 2.41. The molecule has 1 amide bonds. The molecule has 1 heterocycles. The van der Waals surface area contributed by atoms with Gasteiger partial charge in [0, 0.05) is 12.1 Å². The second-order valence-corrected chi connectivity index (χ2v) is 8.59. The number of phenolic OH excluding ortho intramolecular Hbond substituents is 1. The predicted molar refractivity (Wildman–Crippen MR) is 140 cm³/mol. The molecule has 0 radical (unpaired) electrons. The van der Waals surface area contributed by atoms with Crippen LogP contribution in [0.25, 0.3) is 5.76 Å². The van der Waals surface area contributed by atoms with E-state index in [2.05, 4.69) is 0 Å². The molecule has 3 aromatic carbocycles. The van der Waals surface area contributed by atoms with Crippen molar-refractivity contribution in [2.24, 2.45) is 0 Å². The van der Waals surface area contributed by atoms with E-state index in [1.54, 1.807) is 50.6 Å². The van der Waals surface area contributed by atoms with Crippen LogP contribution in [0.4, 0.5) is 0 Å². The SMILES string of the molecule is COc1ccc(CCN2C(=O)C(=O)/C(=C(\O)c3ccc(OC)c(OC)c3)C2c2ccc(O)cc2)cc1OC. The first kappa shape index (κ1) is 26.4. The fourth-order valence-electron chi connectivity index (χ4n) is 4.54. The Balaban J connectivity index is 1.76. The van der Waals surface area contributed by atoms with Gasteiger partial charge in [-0.1, -0.05) is 18.2 Å². The summed E-state index contributed by atoms with van der Waals surface area (Å²) in [5.41, 5.74) is 1.68. The third kappa shape index (κ3) is 4.95. The van der Waals surface area contributed by atoms with Gasteiger partial charge in [-0.25, -0.2) is 0 Å². The lowest BCUT2D eigenvalue weighted by Crippen LogP contribution is -2.31. The van der Waals surface area contributed by atoms with Crippen molar-refractivity contribution in [3.8, 4) is 28.7 Å². The van der Waals surface area contributed by atoms with Crippen molar-refractivity contribution in [1.82, 2.24) is 4.90 Å². The number of benzene rings is 3. The molecule has 9 heteroatoms. The number of rotatable bonds is 9. The molecule has 0 spiro atoms. The van der Waals surface area contributed by atoms with Crippen molar-refractivity contribution in [3.05, 3.63) is 82.9 Å². The van der Waals surface area contributed by atoms with Crippen LogP contribution in [0.3, 0.4) is 0 Å². The van der Waals surface area contributed by atoms with Crippen LogP contribution in [0.15, 0.2) is 66.2 Å². The van der Waals surface area contributed by atoms with Gasteiger partial charge < -0.3 is 34.1 Å².